The summed E-state index contributed by atoms with van der Waals surface area (Å²) in [6.07, 6.45) is 0.361. The molecule has 3 nitrogen and oxygen atoms in total. The number of rotatable bonds is 5. The van der Waals surface area contributed by atoms with Crippen LogP contribution >= 0.6 is 27.3 Å². The number of hydrogen-bond acceptors (Lipinski definition) is 3. The molecule has 0 aliphatic carbocycles. The summed E-state index contributed by atoms with van der Waals surface area (Å²) in [5, 5.41) is 0.734. The lowest BCUT2D eigenvalue weighted by Crippen LogP contribution is -2.31. The highest BCUT2D eigenvalue weighted by Crippen LogP contribution is 2.32. The van der Waals surface area contributed by atoms with Crippen molar-refractivity contribution in [1.82, 2.24) is 4.98 Å². The van der Waals surface area contributed by atoms with Crippen LogP contribution in [0.1, 0.15) is 22.3 Å². The first-order valence-corrected chi connectivity index (χ1v) is 11.1. The van der Waals surface area contributed by atoms with Crippen molar-refractivity contribution < 1.29 is 4.79 Å². The molecule has 1 aromatic heterocycles. The molecule has 0 aliphatic heterocycles. The number of fused-ring (bicyclic) bond motifs is 1. The second-order valence-corrected chi connectivity index (χ2v) is 9.11. The normalized spacial score (nSPS) is 11.0. The van der Waals surface area contributed by atoms with Gasteiger partial charge in [-0.15, -0.1) is 0 Å². The second-order valence-electron chi connectivity index (χ2n) is 7.18. The highest BCUT2D eigenvalue weighted by molar-refractivity contribution is 9.10. The molecule has 0 atom stereocenters. The Hall–Kier alpha value is -2.50. The number of thiazole rings is 1. The number of carbonyl (C=O) groups excluding carboxylic acids is 1. The first kappa shape index (κ1) is 19.8. The van der Waals surface area contributed by atoms with Crippen molar-refractivity contribution >= 4 is 48.5 Å². The van der Waals surface area contributed by atoms with E-state index in [9.17, 15) is 4.79 Å². The fourth-order valence-corrected chi connectivity index (χ4v) is 4.81. The summed E-state index contributed by atoms with van der Waals surface area (Å²) < 4.78 is 2.07. The largest absolute Gasteiger partial charge is 0.283 e. The average molecular weight is 465 g/mol. The molecule has 4 rings (SSSR count). The Kier molecular flexibility index (Phi) is 5.79. The van der Waals surface area contributed by atoms with Crippen molar-refractivity contribution in [3.05, 3.63) is 93.5 Å². The molecule has 4 aromatic rings. The minimum Gasteiger partial charge on any atom is -0.283 e. The van der Waals surface area contributed by atoms with Gasteiger partial charge in [0.2, 0.25) is 5.91 Å². The lowest BCUT2D eigenvalue weighted by atomic mass is 10.0. The molecule has 1 amide bonds. The third-order valence-corrected chi connectivity index (χ3v) is 6.44. The first-order chi connectivity index (χ1) is 14.0. The molecule has 0 N–H and O–H groups in total. The number of carbonyl (C=O) groups is 1. The van der Waals surface area contributed by atoms with Crippen LogP contribution in [0.5, 0.6) is 0 Å². The maximum Gasteiger partial charge on any atom is 0.233 e. The standard InChI is InChI=1S/C24H21BrN2OS/c1-16-8-9-17(2)19(12-16)13-23(28)27(15-18-6-4-3-5-7-18)24-26-21-11-10-20(25)14-22(21)29-24/h3-12,14H,13,15H2,1-2H3. The summed E-state index contributed by atoms with van der Waals surface area (Å²) in [6, 6.07) is 22.3. The van der Waals surface area contributed by atoms with E-state index < -0.39 is 0 Å². The fraction of sp³-hybridized carbons (Fsp3) is 0.167. The summed E-state index contributed by atoms with van der Waals surface area (Å²) in [6.45, 7) is 4.62. The summed E-state index contributed by atoms with van der Waals surface area (Å²) in [4.78, 5) is 20.0. The average Bonchev–Trinajstić information content (AvgIpc) is 3.12. The van der Waals surface area contributed by atoms with Crippen LogP contribution in [0.15, 0.2) is 71.2 Å². The number of amides is 1. The van der Waals surface area contributed by atoms with Crippen LogP contribution in [0.25, 0.3) is 10.2 Å². The molecular formula is C24H21BrN2OS. The highest BCUT2D eigenvalue weighted by Gasteiger charge is 2.21. The van der Waals surface area contributed by atoms with Crippen LogP contribution in [0, 0.1) is 13.8 Å². The predicted octanol–water partition coefficient (Wildman–Crippen LogP) is 6.45. The molecule has 0 bridgehead atoms. The topological polar surface area (TPSA) is 33.2 Å². The third kappa shape index (κ3) is 4.57. The summed E-state index contributed by atoms with van der Waals surface area (Å²) in [7, 11) is 0. The molecule has 5 heteroatoms. The van der Waals surface area contributed by atoms with Crippen LogP contribution in [0.3, 0.4) is 0 Å². The van der Waals surface area contributed by atoms with Gasteiger partial charge in [0.25, 0.3) is 0 Å². The molecule has 0 radical (unpaired) electrons. The van der Waals surface area contributed by atoms with Gasteiger partial charge in [-0.1, -0.05) is 81.4 Å². The van der Waals surface area contributed by atoms with E-state index in [0.717, 1.165) is 42.1 Å². The van der Waals surface area contributed by atoms with Gasteiger partial charge in [0.1, 0.15) is 0 Å². The first-order valence-electron chi connectivity index (χ1n) is 9.46. The number of anilines is 1. The van der Waals surface area contributed by atoms with Gasteiger partial charge in [-0.3, -0.25) is 9.69 Å². The quantitative estimate of drug-likeness (QED) is 0.339. The molecule has 0 saturated carbocycles. The van der Waals surface area contributed by atoms with Gasteiger partial charge in [-0.05, 0) is 48.7 Å². The minimum atomic E-state index is 0.0562. The molecule has 0 aliphatic rings. The van der Waals surface area contributed by atoms with E-state index in [2.05, 4.69) is 48.0 Å². The molecule has 0 fully saturated rings. The van der Waals surface area contributed by atoms with Gasteiger partial charge in [-0.25, -0.2) is 4.98 Å². The zero-order chi connectivity index (χ0) is 20.4. The minimum absolute atomic E-state index is 0.0562. The lowest BCUT2D eigenvalue weighted by molar-refractivity contribution is -0.118. The van der Waals surface area contributed by atoms with Crippen LogP contribution in [0.4, 0.5) is 5.13 Å². The number of aryl methyl sites for hydroxylation is 2. The number of aromatic nitrogens is 1. The van der Waals surface area contributed by atoms with Gasteiger partial charge in [0.05, 0.1) is 23.2 Å². The van der Waals surface area contributed by atoms with Crippen LogP contribution in [-0.2, 0) is 17.8 Å². The van der Waals surface area contributed by atoms with Crippen molar-refractivity contribution in [2.75, 3.05) is 4.90 Å². The van der Waals surface area contributed by atoms with Crippen molar-refractivity contribution in [3.63, 3.8) is 0 Å². The van der Waals surface area contributed by atoms with Gasteiger partial charge in [-0.2, -0.15) is 0 Å². The predicted molar refractivity (Wildman–Crippen MR) is 125 cm³/mol. The van der Waals surface area contributed by atoms with Gasteiger partial charge >= 0.3 is 0 Å². The van der Waals surface area contributed by atoms with E-state index in [1.807, 2.05) is 53.4 Å². The SMILES string of the molecule is Cc1ccc(C)c(CC(=O)N(Cc2ccccc2)c2nc3ccc(Br)cc3s2)c1. The smallest absolute Gasteiger partial charge is 0.233 e. The number of halogens is 1. The maximum absolute atomic E-state index is 13.4. The van der Waals surface area contributed by atoms with Crippen molar-refractivity contribution in [1.29, 1.82) is 0 Å². The summed E-state index contributed by atoms with van der Waals surface area (Å²) in [5.74, 6) is 0.0562. The van der Waals surface area contributed by atoms with Gasteiger partial charge in [0.15, 0.2) is 5.13 Å². The van der Waals surface area contributed by atoms with Crippen molar-refractivity contribution in [3.8, 4) is 0 Å². The summed E-state index contributed by atoms with van der Waals surface area (Å²) >= 11 is 5.07. The van der Waals surface area contributed by atoms with Gasteiger partial charge in [0, 0.05) is 4.47 Å². The highest BCUT2D eigenvalue weighted by atomic mass is 79.9. The zero-order valence-corrected chi connectivity index (χ0v) is 18.8. The Morgan fingerprint density at radius 3 is 2.62 bits per heavy atom. The van der Waals surface area contributed by atoms with E-state index >= 15 is 0 Å². The Labute approximate surface area is 183 Å². The third-order valence-electron chi connectivity index (χ3n) is 4.90. The van der Waals surface area contributed by atoms with E-state index in [4.69, 9.17) is 4.98 Å². The van der Waals surface area contributed by atoms with E-state index in [1.54, 1.807) is 11.3 Å². The van der Waals surface area contributed by atoms with Crippen molar-refractivity contribution in [2.24, 2.45) is 0 Å². The molecule has 1 heterocycles. The van der Waals surface area contributed by atoms with E-state index in [-0.39, 0.29) is 5.91 Å². The van der Waals surface area contributed by atoms with E-state index in [1.165, 1.54) is 0 Å². The Morgan fingerprint density at radius 1 is 1.03 bits per heavy atom. The fourth-order valence-electron chi connectivity index (χ4n) is 3.28. The molecule has 29 heavy (non-hydrogen) atoms. The van der Waals surface area contributed by atoms with Crippen molar-refractivity contribution in [2.45, 2.75) is 26.8 Å². The molecule has 0 spiro atoms. The van der Waals surface area contributed by atoms with Gasteiger partial charge < -0.3 is 0 Å². The summed E-state index contributed by atoms with van der Waals surface area (Å²) in [5.41, 5.74) is 5.36. The lowest BCUT2D eigenvalue weighted by Gasteiger charge is -2.21. The number of hydrogen-bond donors (Lipinski definition) is 0. The number of nitrogens with zero attached hydrogens (tertiary/aromatic N) is 2. The Balaban J connectivity index is 1.70. The maximum atomic E-state index is 13.4. The van der Waals surface area contributed by atoms with E-state index in [0.29, 0.717) is 13.0 Å². The molecular weight excluding hydrogens is 444 g/mol. The Morgan fingerprint density at radius 2 is 1.83 bits per heavy atom. The molecule has 0 unspecified atom stereocenters. The molecule has 146 valence electrons. The number of benzene rings is 3. The van der Waals surface area contributed by atoms with Crippen LogP contribution in [-0.4, -0.2) is 10.9 Å². The Bertz CT molecular complexity index is 1170. The van der Waals surface area contributed by atoms with Crippen LogP contribution in [0.2, 0.25) is 0 Å². The zero-order valence-electron chi connectivity index (χ0n) is 16.4. The second kappa shape index (κ2) is 8.47. The molecule has 0 saturated heterocycles. The van der Waals surface area contributed by atoms with Crippen LogP contribution < -0.4 is 4.90 Å². The molecule has 3 aromatic carbocycles. The monoisotopic (exact) mass is 464 g/mol.